The maximum atomic E-state index is 12.3. The number of amides is 1. The molecule has 1 unspecified atom stereocenters. The molecule has 0 aliphatic rings. The minimum Gasteiger partial charge on any atom is -0.380 e. The Morgan fingerprint density at radius 1 is 1.56 bits per heavy atom. The average Bonchev–Trinajstić information content (AvgIpc) is 2.26. The molecule has 0 aromatic heterocycles. The van der Waals surface area contributed by atoms with E-state index in [0.717, 1.165) is 11.1 Å². The van der Waals surface area contributed by atoms with Gasteiger partial charge in [0.1, 0.15) is 0 Å². The van der Waals surface area contributed by atoms with Crippen molar-refractivity contribution in [3.8, 4) is 0 Å². The van der Waals surface area contributed by atoms with E-state index < -0.39 is 11.5 Å². The van der Waals surface area contributed by atoms with Crippen molar-refractivity contribution in [3.05, 3.63) is 35.4 Å². The maximum absolute atomic E-state index is 12.3. The SMILES string of the molecule is COCc1cccc(CNC(=O)C(F)Cl)c1. The first-order chi connectivity index (χ1) is 7.63. The largest absolute Gasteiger partial charge is 0.380 e. The predicted molar refractivity (Wildman–Crippen MR) is 59.8 cm³/mol. The normalized spacial score (nSPS) is 12.2. The first-order valence-corrected chi connectivity index (χ1v) is 5.19. The van der Waals surface area contributed by atoms with Crippen molar-refractivity contribution >= 4 is 17.5 Å². The number of hydrogen-bond donors (Lipinski definition) is 1. The summed E-state index contributed by atoms with van der Waals surface area (Å²) in [4.78, 5) is 10.9. The van der Waals surface area contributed by atoms with Gasteiger partial charge in [-0.3, -0.25) is 4.79 Å². The van der Waals surface area contributed by atoms with Crippen LogP contribution in [-0.2, 0) is 22.7 Å². The van der Waals surface area contributed by atoms with E-state index in [-0.39, 0.29) is 6.54 Å². The third-order valence-corrected chi connectivity index (χ3v) is 2.17. The number of ether oxygens (including phenoxy) is 1. The van der Waals surface area contributed by atoms with Gasteiger partial charge in [-0.15, -0.1) is 0 Å². The molecule has 0 spiro atoms. The Morgan fingerprint density at radius 2 is 2.25 bits per heavy atom. The number of alkyl halides is 2. The molecule has 0 aliphatic heterocycles. The molecule has 88 valence electrons. The lowest BCUT2D eigenvalue weighted by molar-refractivity contribution is -0.123. The summed E-state index contributed by atoms with van der Waals surface area (Å²) in [5.74, 6) is -0.821. The number of carbonyl (C=O) groups is 1. The summed E-state index contributed by atoms with van der Waals surface area (Å²) in [6.45, 7) is 0.757. The van der Waals surface area contributed by atoms with Crippen molar-refractivity contribution in [2.75, 3.05) is 7.11 Å². The molecule has 1 rings (SSSR count). The van der Waals surface area contributed by atoms with Crippen molar-refractivity contribution in [2.45, 2.75) is 18.8 Å². The first-order valence-electron chi connectivity index (χ1n) is 4.76. The van der Waals surface area contributed by atoms with Crippen molar-refractivity contribution in [1.82, 2.24) is 5.32 Å². The van der Waals surface area contributed by atoms with Gasteiger partial charge < -0.3 is 10.1 Å². The molecule has 1 N–H and O–H groups in total. The number of carbonyl (C=O) groups excluding carboxylic acids is 1. The molecular weight excluding hydrogens is 233 g/mol. The zero-order valence-electron chi connectivity index (χ0n) is 8.87. The van der Waals surface area contributed by atoms with Crippen molar-refractivity contribution < 1.29 is 13.9 Å². The summed E-state index contributed by atoms with van der Waals surface area (Å²) >= 11 is 4.98. The van der Waals surface area contributed by atoms with Crippen LogP contribution in [0.25, 0.3) is 0 Å². The zero-order chi connectivity index (χ0) is 12.0. The van der Waals surface area contributed by atoms with Gasteiger partial charge in [0, 0.05) is 13.7 Å². The number of halogens is 2. The number of rotatable bonds is 5. The molecule has 0 bridgehead atoms. The van der Waals surface area contributed by atoms with Gasteiger partial charge >= 0.3 is 0 Å². The fraction of sp³-hybridized carbons (Fsp3) is 0.364. The molecule has 0 fully saturated rings. The molecule has 16 heavy (non-hydrogen) atoms. The fourth-order valence-corrected chi connectivity index (χ4v) is 1.34. The van der Waals surface area contributed by atoms with Crippen LogP contribution in [0.15, 0.2) is 24.3 Å². The second-order valence-electron chi connectivity index (χ2n) is 3.27. The van der Waals surface area contributed by atoms with Gasteiger partial charge in [0.25, 0.3) is 11.5 Å². The molecular formula is C11H13ClFNO2. The highest BCUT2D eigenvalue weighted by atomic mass is 35.5. The van der Waals surface area contributed by atoms with Gasteiger partial charge in [0.2, 0.25) is 0 Å². The topological polar surface area (TPSA) is 38.3 Å². The Balaban J connectivity index is 2.53. The number of methoxy groups -OCH3 is 1. The summed E-state index contributed by atoms with van der Waals surface area (Å²) in [5.41, 5.74) is -0.126. The molecule has 1 aromatic carbocycles. The van der Waals surface area contributed by atoms with Crippen LogP contribution in [-0.4, -0.2) is 18.6 Å². The Hall–Kier alpha value is -1.13. The van der Waals surface area contributed by atoms with Crippen molar-refractivity contribution in [2.24, 2.45) is 0 Å². The predicted octanol–water partition coefficient (Wildman–Crippen LogP) is 1.98. The fourth-order valence-electron chi connectivity index (χ4n) is 1.26. The zero-order valence-corrected chi connectivity index (χ0v) is 9.63. The van der Waals surface area contributed by atoms with Crippen LogP contribution in [0.3, 0.4) is 0 Å². The van der Waals surface area contributed by atoms with Crippen LogP contribution in [0.1, 0.15) is 11.1 Å². The van der Waals surface area contributed by atoms with Crippen molar-refractivity contribution in [3.63, 3.8) is 0 Å². The minimum absolute atomic E-state index is 0.253. The monoisotopic (exact) mass is 245 g/mol. The summed E-state index contributed by atoms with van der Waals surface area (Å²) in [5, 5.41) is 2.38. The number of nitrogens with one attached hydrogen (secondary N) is 1. The van der Waals surface area contributed by atoms with E-state index in [1.807, 2.05) is 24.3 Å². The van der Waals surface area contributed by atoms with Gasteiger partial charge in [-0.05, 0) is 11.1 Å². The van der Waals surface area contributed by atoms with E-state index in [9.17, 15) is 9.18 Å². The second kappa shape index (κ2) is 6.45. The van der Waals surface area contributed by atoms with Crippen LogP contribution < -0.4 is 5.32 Å². The van der Waals surface area contributed by atoms with Gasteiger partial charge in [0.15, 0.2) is 0 Å². The number of hydrogen-bond acceptors (Lipinski definition) is 2. The van der Waals surface area contributed by atoms with E-state index in [0.29, 0.717) is 6.61 Å². The van der Waals surface area contributed by atoms with Gasteiger partial charge in [-0.1, -0.05) is 35.9 Å². The lowest BCUT2D eigenvalue weighted by Gasteiger charge is -2.06. The smallest absolute Gasteiger partial charge is 0.270 e. The maximum Gasteiger partial charge on any atom is 0.270 e. The third-order valence-electron chi connectivity index (χ3n) is 1.97. The molecule has 5 heteroatoms. The quantitative estimate of drug-likeness (QED) is 0.806. The Kier molecular flexibility index (Phi) is 5.22. The number of benzene rings is 1. The molecule has 0 saturated heterocycles. The van der Waals surface area contributed by atoms with E-state index in [1.54, 1.807) is 7.11 Å². The van der Waals surface area contributed by atoms with Gasteiger partial charge in [-0.25, -0.2) is 4.39 Å². The third kappa shape index (κ3) is 4.16. The minimum atomic E-state index is -2.00. The Bertz CT molecular complexity index is 358. The molecule has 0 aliphatic carbocycles. The molecule has 1 aromatic rings. The average molecular weight is 246 g/mol. The lowest BCUT2D eigenvalue weighted by atomic mass is 10.1. The van der Waals surface area contributed by atoms with E-state index in [4.69, 9.17) is 16.3 Å². The second-order valence-corrected chi connectivity index (χ2v) is 3.65. The Labute approximate surface area is 98.5 Å². The molecule has 3 nitrogen and oxygen atoms in total. The van der Waals surface area contributed by atoms with Crippen molar-refractivity contribution in [1.29, 1.82) is 0 Å². The summed E-state index contributed by atoms with van der Waals surface area (Å²) < 4.78 is 17.3. The van der Waals surface area contributed by atoms with Crippen LogP contribution in [0, 0.1) is 0 Å². The lowest BCUT2D eigenvalue weighted by Crippen LogP contribution is -2.28. The van der Waals surface area contributed by atoms with Gasteiger partial charge in [0.05, 0.1) is 6.61 Å². The standard InChI is InChI=1S/C11H13ClFNO2/c1-16-7-9-4-2-3-8(5-9)6-14-11(15)10(12)13/h2-5,10H,6-7H2,1H3,(H,14,15). The highest BCUT2D eigenvalue weighted by molar-refractivity contribution is 6.29. The van der Waals surface area contributed by atoms with E-state index >= 15 is 0 Å². The van der Waals surface area contributed by atoms with Gasteiger partial charge in [-0.2, -0.15) is 0 Å². The van der Waals surface area contributed by atoms with Crippen LogP contribution in [0.4, 0.5) is 4.39 Å². The summed E-state index contributed by atoms with van der Waals surface area (Å²) in [7, 11) is 1.61. The highest BCUT2D eigenvalue weighted by Crippen LogP contribution is 2.06. The molecule has 1 atom stereocenters. The van der Waals surface area contributed by atoms with E-state index in [2.05, 4.69) is 5.32 Å². The van der Waals surface area contributed by atoms with Crippen LogP contribution >= 0.6 is 11.6 Å². The molecule has 0 heterocycles. The molecule has 1 amide bonds. The first kappa shape index (κ1) is 12.9. The highest BCUT2D eigenvalue weighted by Gasteiger charge is 2.11. The Morgan fingerprint density at radius 3 is 2.88 bits per heavy atom. The van der Waals surface area contributed by atoms with E-state index in [1.165, 1.54) is 0 Å². The summed E-state index contributed by atoms with van der Waals surface area (Å²) in [6, 6.07) is 7.48. The summed E-state index contributed by atoms with van der Waals surface area (Å²) in [6.07, 6.45) is 0. The van der Waals surface area contributed by atoms with Crippen LogP contribution in [0.2, 0.25) is 0 Å². The molecule has 0 radical (unpaired) electrons. The van der Waals surface area contributed by atoms with Crippen LogP contribution in [0.5, 0.6) is 0 Å². The molecule has 0 saturated carbocycles.